The fourth-order valence-corrected chi connectivity index (χ4v) is 8.98. The maximum absolute atomic E-state index is 13.6. The molecule has 290 valence electrons. The molecule has 3 aromatic heterocycles. The number of H-pyrrole nitrogens is 2. The molecule has 56 heavy (non-hydrogen) atoms. The highest BCUT2D eigenvalue weighted by molar-refractivity contribution is 5.87. The largest absolute Gasteiger partial charge is 0.453 e. The van der Waals surface area contributed by atoms with Gasteiger partial charge in [-0.2, -0.15) is 0 Å². The van der Waals surface area contributed by atoms with Crippen molar-refractivity contribution in [1.82, 2.24) is 45.4 Å². The van der Waals surface area contributed by atoms with Crippen LogP contribution in [0.5, 0.6) is 0 Å². The Morgan fingerprint density at radius 3 is 2.07 bits per heavy atom. The minimum atomic E-state index is -0.886. The number of hydrogen-bond acceptors (Lipinski definition) is 9. The summed E-state index contributed by atoms with van der Waals surface area (Å²) in [5, 5.41) is 5.76. The zero-order chi connectivity index (χ0) is 38.8. The van der Waals surface area contributed by atoms with Crippen molar-refractivity contribution in [3.05, 3.63) is 96.9 Å². The van der Waals surface area contributed by atoms with Gasteiger partial charge >= 0.3 is 6.09 Å². The Morgan fingerprint density at radius 2 is 1.43 bits per heavy atom. The third-order valence-corrected chi connectivity index (χ3v) is 11.9. The van der Waals surface area contributed by atoms with Gasteiger partial charge in [0, 0.05) is 44.1 Å². The molecular weight excluding hydrogens is 711 g/mol. The van der Waals surface area contributed by atoms with Gasteiger partial charge in [0.2, 0.25) is 11.8 Å². The third-order valence-electron chi connectivity index (χ3n) is 11.9. The summed E-state index contributed by atoms with van der Waals surface area (Å²) >= 11 is 0. The number of aromatic nitrogens is 6. The fourth-order valence-electron chi connectivity index (χ4n) is 8.98. The number of fused-ring (bicyclic) bond motifs is 2. The van der Waals surface area contributed by atoms with Gasteiger partial charge < -0.3 is 35.0 Å². The lowest BCUT2D eigenvalue weighted by Gasteiger charge is -2.30. The number of hydrogen-bond donors (Lipinski definition) is 4. The van der Waals surface area contributed by atoms with Gasteiger partial charge in [0.15, 0.2) is 0 Å². The monoisotopic (exact) mass is 757 g/mol. The second kappa shape index (κ2) is 16.1. The number of rotatable bonds is 12. The number of ether oxygens (including phenoxy) is 2. The molecule has 1 aliphatic heterocycles. The van der Waals surface area contributed by atoms with E-state index >= 15 is 0 Å². The van der Waals surface area contributed by atoms with E-state index in [9.17, 15) is 14.4 Å². The van der Waals surface area contributed by atoms with Gasteiger partial charge in [0.05, 0.1) is 49.0 Å². The molecule has 3 fully saturated rings. The molecule has 3 amide bonds. The van der Waals surface area contributed by atoms with Gasteiger partial charge in [-0.25, -0.2) is 24.7 Å². The molecule has 8 rings (SSSR count). The van der Waals surface area contributed by atoms with Crippen molar-refractivity contribution >= 4 is 17.9 Å². The van der Waals surface area contributed by atoms with E-state index in [1.54, 1.807) is 30.4 Å². The van der Waals surface area contributed by atoms with Crippen LogP contribution in [0.15, 0.2) is 79.6 Å². The molecule has 7 atom stereocenters. The molecule has 4 heterocycles. The highest BCUT2D eigenvalue weighted by Crippen LogP contribution is 2.56. The molecule has 2 bridgehead atoms. The van der Waals surface area contributed by atoms with Gasteiger partial charge in [-0.15, -0.1) is 0 Å². The summed E-state index contributed by atoms with van der Waals surface area (Å²) in [4.78, 5) is 65.5. The Hall–Kier alpha value is -5.89. The number of alkyl carbamates (subject to hydrolysis) is 1. The average Bonchev–Trinajstić information content (AvgIpc) is 4.10. The summed E-state index contributed by atoms with van der Waals surface area (Å²) in [6.45, 7) is 2.71. The smallest absolute Gasteiger partial charge is 0.407 e. The first-order chi connectivity index (χ1) is 27.3. The quantitative estimate of drug-likeness (QED) is 0.123. The van der Waals surface area contributed by atoms with E-state index in [1.807, 2.05) is 6.20 Å². The molecule has 1 saturated heterocycles. The lowest BCUT2D eigenvalue weighted by Crippen LogP contribution is -2.54. The molecule has 14 nitrogen and oxygen atoms in total. The number of carbonyl (C=O) groups is 3. The Kier molecular flexibility index (Phi) is 10.6. The maximum atomic E-state index is 13.6. The number of benzene rings is 2. The summed E-state index contributed by atoms with van der Waals surface area (Å²) < 4.78 is 10.2. The van der Waals surface area contributed by atoms with Crippen molar-refractivity contribution in [1.29, 1.82) is 0 Å². The average molecular weight is 758 g/mol. The Labute approximate surface area is 325 Å². The van der Waals surface area contributed by atoms with E-state index in [-0.39, 0.29) is 29.7 Å². The topological polar surface area (TPSA) is 180 Å². The molecule has 3 aliphatic rings. The molecule has 4 N–H and O–H groups in total. The predicted molar refractivity (Wildman–Crippen MR) is 207 cm³/mol. The lowest BCUT2D eigenvalue weighted by molar-refractivity contribution is -0.137. The molecule has 5 aromatic rings. The molecule has 2 aromatic carbocycles. The van der Waals surface area contributed by atoms with Gasteiger partial charge in [-0.3, -0.25) is 9.59 Å². The number of likely N-dealkylation sites (tertiary alicyclic amines) is 1. The summed E-state index contributed by atoms with van der Waals surface area (Å²) in [7, 11) is 2.77. The van der Waals surface area contributed by atoms with Crippen LogP contribution < -0.4 is 10.6 Å². The van der Waals surface area contributed by atoms with Crippen LogP contribution in [0.25, 0.3) is 33.6 Å². The highest BCUT2D eigenvalue weighted by atomic mass is 16.5. The molecule has 0 spiro atoms. The second-order valence-corrected chi connectivity index (χ2v) is 15.1. The Morgan fingerprint density at radius 1 is 0.821 bits per heavy atom. The molecule has 2 saturated carbocycles. The van der Waals surface area contributed by atoms with Gasteiger partial charge in [0.1, 0.15) is 24.0 Å². The SMILES string of the molecule is COC(=O)N[C@H](C(=O)N1CCC[C@H]1c1ncc(-c2ccc(-c3ccc(-c4cnc(C5C6CCC(C6)C5C(=O)NCc5cncnc5)[nH]4)cc3)cc2)[nH]1)[C@@H](C)OC. The van der Waals surface area contributed by atoms with Crippen molar-refractivity contribution in [2.75, 3.05) is 20.8 Å². The van der Waals surface area contributed by atoms with Crippen LogP contribution in [0.1, 0.15) is 68.2 Å². The van der Waals surface area contributed by atoms with Gasteiger partial charge in [-0.05, 0) is 73.1 Å². The molecular formula is C42H47N9O5. The molecule has 0 radical (unpaired) electrons. The van der Waals surface area contributed by atoms with Crippen LogP contribution in [-0.2, 0) is 25.6 Å². The first-order valence-corrected chi connectivity index (χ1v) is 19.3. The van der Waals surface area contributed by atoms with E-state index < -0.39 is 18.2 Å². The summed E-state index contributed by atoms with van der Waals surface area (Å²) in [5.74, 6) is 2.24. The number of aromatic amines is 2. The number of imidazole rings is 2. The standard InChI is InChI=1S/C42H47N9O5/c1-24(55-2)37(50-42(54)56-3)41(53)51-16-4-5-34(51)38-45-21-32(48-38)28-10-6-26(7-11-28)27-8-12-29(13-9-27)33-22-46-39(49-33)35-30-14-15-31(17-30)36(35)40(52)47-20-25-18-43-23-44-19-25/h6-13,18-19,21-24,30-31,34-37H,4-5,14-17,20H2,1-3H3,(H,45,48)(H,46,49)(H,47,52)(H,50,54)/t24-,30?,31?,34+,35?,36?,37+/m1/s1. The number of methoxy groups -OCH3 is 2. The number of amides is 3. The van der Waals surface area contributed by atoms with Gasteiger partial charge in [-0.1, -0.05) is 48.5 Å². The third kappa shape index (κ3) is 7.40. The van der Waals surface area contributed by atoms with E-state index in [1.165, 1.54) is 20.5 Å². The van der Waals surface area contributed by atoms with E-state index in [4.69, 9.17) is 14.5 Å². The highest BCUT2D eigenvalue weighted by Gasteiger charge is 2.52. The summed E-state index contributed by atoms with van der Waals surface area (Å²) in [5.41, 5.74) is 6.84. The summed E-state index contributed by atoms with van der Waals surface area (Å²) in [6, 6.07) is 15.6. The van der Waals surface area contributed by atoms with Crippen LogP contribution in [0.2, 0.25) is 0 Å². The van der Waals surface area contributed by atoms with Crippen LogP contribution >= 0.6 is 0 Å². The van der Waals surface area contributed by atoms with Crippen LogP contribution in [0.3, 0.4) is 0 Å². The fraction of sp³-hybridized carbons (Fsp3) is 0.405. The maximum Gasteiger partial charge on any atom is 0.407 e. The van der Waals surface area contributed by atoms with Crippen molar-refractivity contribution in [3.63, 3.8) is 0 Å². The summed E-state index contributed by atoms with van der Waals surface area (Å²) in [6.07, 6.45) is 12.3. The first-order valence-electron chi connectivity index (χ1n) is 19.3. The van der Waals surface area contributed by atoms with Crippen LogP contribution in [0.4, 0.5) is 4.79 Å². The minimum absolute atomic E-state index is 0.0743. The minimum Gasteiger partial charge on any atom is -0.453 e. The van der Waals surface area contributed by atoms with Crippen LogP contribution in [-0.4, -0.2) is 85.6 Å². The normalized spacial score (nSPS) is 22.5. The van der Waals surface area contributed by atoms with Gasteiger partial charge in [0.25, 0.3) is 0 Å². The zero-order valence-electron chi connectivity index (χ0n) is 31.8. The predicted octanol–water partition coefficient (Wildman–Crippen LogP) is 5.79. The second-order valence-electron chi connectivity index (χ2n) is 15.1. The van der Waals surface area contributed by atoms with Crippen molar-refractivity contribution in [3.8, 4) is 33.6 Å². The number of nitrogens with zero attached hydrogens (tertiary/aromatic N) is 5. The number of carbonyl (C=O) groups excluding carboxylic acids is 3. The van der Waals surface area contributed by atoms with Crippen molar-refractivity contribution in [2.45, 2.75) is 69.7 Å². The molecule has 14 heteroatoms. The first kappa shape index (κ1) is 37.1. The molecule has 2 aliphatic carbocycles. The number of nitrogens with one attached hydrogen (secondary N) is 4. The van der Waals surface area contributed by atoms with E-state index in [0.717, 1.165) is 77.1 Å². The Bertz CT molecular complexity index is 2150. The molecule has 4 unspecified atom stereocenters. The van der Waals surface area contributed by atoms with Crippen LogP contribution in [0, 0.1) is 17.8 Å². The van der Waals surface area contributed by atoms with Crippen molar-refractivity contribution in [2.24, 2.45) is 17.8 Å². The van der Waals surface area contributed by atoms with E-state index in [2.05, 4.69) is 84.1 Å². The zero-order valence-corrected chi connectivity index (χ0v) is 31.8. The van der Waals surface area contributed by atoms with E-state index in [0.29, 0.717) is 30.7 Å². The Balaban J connectivity index is 0.918. The lowest BCUT2D eigenvalue weighted by atomic mass is 9.78. The van der Waals surface area contributed by atoms with Crippen molar-refractivity contribution < 1.29 is 23.9 Å².